The minimum Gasteiger partial charge on any atom is -0.0651 e. The van der Waals surface area contributed by atoms with E-state index in [-0.39, 0.29) is 0 Å². The second kappa shape index (κ2) is 10.1. The fourth-order valence-corrected chi connectivity index (χ4v) is 4.84. The molecule has 0 N–H and O–H groups in total. The van der Waals surface area contributed by atoms with Gasteiger partial charge >= 0.3 is 0 Å². The van der Waals surface area contributed by atoms with Crippen molar-refractivity contribution >= 4 is 0 Å². The molecule has 0 aliphatic rings. The van der Waals surface area contributed by atoms with Crippen LogP contribution in [0.2, 0.25) is 0 Å². The van der Waals surface area contributed by atoms with Crippen molar-refractivity contribution in [1.82, 2.24) is 0 Å². The molecule has 0 aromatic carbocycles. The third-order valence-corrected chi connectivity index (χ3v) is 7.60. The summed E-state index contributed by atoms with van der Waals surface area (Å²) in [6, 6.07) is 0. The first kappa shape index (κ1) is 23.0. The lowest BCUT2D eigenvalue weighted by atomic mass is 9.58. The lowest BCUT2D eigenvalue weighted by Gasteiger charge is -2.47. The van der Waals surface area contributed by atoms with Crippen molar-refractivity contribution < 1.29 is 0 Å². The highest BCUT2D eigenvalue weighted by Gasteiger charge is 2.41. The predicted octanol–water partition coefficient (Wildman–Crippen LogP) is 8.07. The van der Waals surface area contributed by atoms with Crippen LogP contribution in [0.3, 0.4) is 0 Å². The largest absolute Gasteiger partial charge is 0.0651 e. The summed E-state index contributed by atoms with van der Waals surface area (Å²) in [6.45, 7) is 27.0. The molecule has 0 rings (SSSR count). The molecular weight excluding hydrogens is 276 g/mol. The van der Waals surface area contributed by atoms with Crippen LogP contribution in [0.25, 0.3) is 0 Å². The SMILES string of the molecule is CCC(C)C(C)CCC(C)C(C(C)CC)C(C)(C)C(C)C(C)C. The highest BCUT2D eigenvalue weighted by molar-refractivity contribution is 4.89. The predicted molar refractivity (Wildman–Crippen MR) is 108 cm³/mol. The van der Waals surface area contributed by atoms with E-state index in [4.69, 9.17) is 0 Å². The Morgan fingerprint density at radius 2 is 1.04 bits per heavy atom. The molecule has 0 aromatic heterocycles. The molecule has 0 heterocycles. The summed E-state index contributed by atoms with van der Waals surface area (Å²) >= 11 is 0. The summed E-state index contributed by atoms with van der Waals surface area (Å²) in [5, 5.41) is 0. The van der Waals surface area contributed by atoms with Crippen LogP contribution in [0.5, 0.6) is 0 Å². The Hall–Kier alpha value is 0. The molecule has 0 aliphatic carbocycles. The van der Waals surface area contributed by atoms with Crippen molar-refractivity contribution in [2.75, 3.05) is 0 Å². The van der Waals surface area contributed by atoms with Crippen molar-refractivity contribution in [2.24, 2.45) is 46.8 Å². The van der Waals surface area contributed by atoms with E-state index in [1.807, 2.05) is 0 Å². The smallest absolute Gasteiger partial charge is 0.0293 e. The standard InChI is InChI=1S/C23H48/c1-12-17(5)19(7)14-15-20(8)22(18(6)13-2)23(10,11)21(9)16(3)4/h16-22H,12-15H2,1-11H3. The van der Waals surface area contributed by atoms with Gasteiger partial charge in [0.2, 0.25) is 0 Å². The zero-order chi connectivity index (χ0) is 18.4. The topological polar surface area (TPSA) is 0 Å². The summed E-state index contributed by atoms with van der Waals surface area (Å²) in [6.07, 6.45) is 5.42. The van der Waals surface area contributed by atoms with E-state index in [0.29, 0.717) is 5.41 Å². The van der Waals surface area contributed by atoms with Crippen molar-refractivity contribution in [2.45, 2.75) is 102 Å². The molecule has 6 unspecified atom stereocenters. The fourth-order valence-electron chi connectivity index (χ4n) is 4.84. The van der Waals surface area contributed by atoms with Crippen molar-refractivity contribution in [3.63, 3.8) is 0 Å². The maximum Gasteiger partial charge on any atom is -0.0293 e. The van der Waals surface area contributed by atoms with Crippen molar-refractivity contribution in [3.8, 4) is 0 Å². The third kappa shape index (κ3) is 6.43. The van der Waals surface area contributed by atoms with Gasteiger partial charge in [-0.3, -0.25) is 0 Å². The maximum absolute atomic E-state index is 2.54. The van der Waals surface area contributed by atoms with E-state index < -0.39 is 0 Å². The molecule has 23 heavy (non-hydrogen) atoms. The number of hydrogen-bond donors (Lipinski definition) is 0. The van der Waals surface area contributed by atoms with Gasteiger partial charge < -0.3 is 0 Å². The first-order chi connectivity index (χ1) is 10.5. The van der Waals surface area contributed by atoms with Gasteiger partial charge in [0.25, 0.3) is 0 Å². The van der Waals surface area contributed by atoms with Gasteiger partial charge in [-0.25, -0.2) is 0 Å². The Bertz CT molecular complexity index is 301. The van der Waals surface area contributed by atoms with Gasteiger partial charge in [0, 0.05) is 0 Å². The molecule has 0 amide bonds. The molecule has 0 radical (unpaired) electrons. The molecule has 140 valence electrons. The summed E-state index contributed by atoms with van der Waals surface area (Å²) in [5.41, 5.74) is 0.419. The van der Waals surface area contributed by atoms with E-state index >= 15 is 0 Å². The second-order valence-electron chi connectivity index (χ2n) is 9.68. The number of hydrogen-bond acceptors (Lipinski definition) is 0. The molecule has 0 heteroatoms. The van der Waals surface area contributed by atoms with Gasteiger partial charge in [-0.15, -0.1) is 0 Å². The van der Waals surface area contributed by atoms with E-state index in [9.17, 15) is 0 Å². The lowest BCUT2D eigenvalue weighted by molar-refractivity contribution is 0.0135. The minimum absolute atomic E-state index is 0.419. The van der Waals surface area contributed by atoms with Crippen LogP contribution < -0.4 is 0 Å². The van der Waals surface area contributed by atoms with Gasteiger partial charge in [0.05, 0.1) is 0 Å². The Kier molecular flexibility index (Phi) is 10.1. The van der Waals surface area contributed by atoms with E-state index in [1.54, 1.807) is 0 Å². The normalized spacial score (nSPS) is 20.9. The van der Waals surface area contributed by atoms with Gasteiger partial charge in [0.15, 0.2) is 0 Å². The van der Waals surface area contributed by atoms with Crippen LogP contribution in [0, 0.1) is 46.8 Å². The maximum atomic E-state index is 2.54. The Morgan fingerprint density at radius 1 is 0.609 bits per heavy atom. The first-order valence-electron chi connectivity index (χ1n) is 10.5. The van der Waals surface area contributed by atoms with E-state index in [2.05, 4.69) is 76.2 Å². The van der Waals surface area contributed by atoms with E-state index in [0.717, 1.165) is 41.4 Å². The lowest BCUT2D eigenvalue weighted by Crippen LogP contribution is -2.41. The summed E-state index contributed by atoms with van der Waals surface area (Å²) in [5.74, 6) is 5.75. The molecule has 0 aliphatic heterocycles. The number of rotatable bonds is 11. The summed E-state index contributed by atoms with van der Waals surface area (Å²) in [7, 11) is 0. The molecule has 0 saturated heterocycles. The Labute approximate surface area is 149 Å². The summed E-state index contributed by atoms with van der Waals surface area (Å²) < 4.78 is 0. The molecular formula is C23H48. The van der Waals surface area contributed by atoms with Crippen LogP contribution >= 0.6 is 0 Å². The molecule has 0 nitrogen and oxygen atoms in total. The van der Waals surface area contributed by atoms with Crippen LogP contribution in [-0.2, 0) is 0 Å². The fraction of sp³-hybridized carbons (Fsp3) is 1.00. The third-order valence-electron chi connectivity index (χ3n) is 7.60. The van der Waals surface area contributed by atoms with Gasteiger partial charge in [-0.05, 0) is 46.8 Å². The first-order valence-corrected chi connectivity index (χ1v) is 10.5. The van der Waals surface area contributed by atoms with Crippen molar-refractivity contribution in [1.29, 1.82) is 0 Å². The molecule has 0 bridgehead atoms. The molecule has 0 saturated carbocycles. The van der Waals surface area contributed by atoms with Crippen LogP contribution in [-0.4, -0.2) is 0 Å². The minimum atomic E-state index is 0.419. The van der Waals surface area contributed by atoms with Gasteiger partial charge in [-0.2, -0.15) is 0 Å². The molecule has 6 atom stereocenters. The van der Waals surface area contributed by atoms with Crippen LogP contribution in [0.4, 0.5) is 0 Å². The zero-order valence-corrected chi connectivity index (χ0v) is 18.4. The highest BCUT2D eigenvalue weighted by Crippen LogP contribution is 2.48. The van der Waals surface area contributed by atoms with Gasteiger partial charge in [0.1, 0.15) is 0 Å². The van der Waals surface area contributed by atoms with E-state index in [1.165, 1.54) is 25.7 Å². The Balaban J connectivity index is 5.10. The Morgan fingerprint density at radius 3 is 1.43 bits per heavy atom. The van der Waals surface area contributed by atoms with Crippen LogP contribution in [0.1, 0.15) is 102 Å². The summed E-state index contributed by atoms with van der Waals surface area (Å²) in [4.78, 5) is 0. The molecule has 0 spiro atoms. The highest BCUT2D eigenvalue weighted by atomic mass is 14.5. The quantitative estimate of drug-likeness (QED) is 0.360. The van der Waals surface area contributed by atoms with Gasteiger partial charge in [-0.1, -0.05) is 102 Å². The molecule has 0 fully saturated rings. The average Bonchev–Trinajstić information content (AvgIpc) is 2.50. The van der Waals surface area contributed by atoms with Crippen molar-refractivity contribution in [3.05, 3.63) is 0 Å². The second-order valence-corrected chi connectivity index (χ2v) is 9.68. The zero-order valence-electron chi connectivity index (χ0n) is 18.4. The average molecular weight is 325 g/mol. The molecule has 0 aromatic rings. The van der Waals surface area contributed by atoms with Crippen LogP contribution in [0.15, 0.2) is 0 Å². The monoisotopic (exact) mass is 324 g/mol.